The molecule has 0 bridgehead atoms. The molecule has 0 spiro atoms. The Hall–Kier alpha value is -1.41. The molecule has 2 nitrogen and oxygen atoms in total. The number of ether oxygens (including phenoxy) is 1. The molecule has 3 aliphatic rings. The van der Waals surface area contributed by atoms with Crippen LogP contribution >= 0.6 is 0 Å². The van der Waals surface area contributed by atoms with Gasteiger partial charge in [0.05, 0.1) is 17.2 Å². The molecule has 98 valence electrons. The van der Waals surface area contributed by atoms with Gasteiger partial charge in [0.15, 0.2) is 0 Å². The highest BCUT2D eigenvalue weighted by Crippen LogP contribution is 2.28. The minimum atomic E-state index is 0.288. The van der Waals surface area contributed by atoms with Crippen LogP contribution in [0.5, 0.6) is 0 Å². The summed E-state index contributed by atoms with van der Waals surface area (Å²) in [5, 5.41) is 2.51. The molecule has 1 fully saturated rings. The predicted molar refractivity (Wildman–Crippen MR) is 75.1 cm³/mol. The number of hydrogen-bond acceptors (Lipinski definition) is 2. The van der Waals surface area contributed by atoms with E-state index in [1.807, 2.05) is 0 Å². The highest BCUT2D eigenvalue weighted by atomic mass is 16.5. The summed E-state index contributed by atoms with van der Waals surface area (Å²) >= 11 is 0. The van der Waals surface area contributed by atoms with Crippen LogP contribution in [0.3, 0.4) is 0 Å². The van der Waals surface area contributed by atoms with E-state index in [9.17, 15) is 0 Å². The second kappa shape index (κ2) is 4.61. The molecule has 2 heteroatoms. The maximum Gasteiger partial charge on any atom is 0.0825 e. The first-order chi connectivity index (χ1) is 9.42. The van der Waals surface area contributed by atoms with Gasteiger partial charge in [-0.3, -0.25) is 0 Å². The van der Waals surface area contributed by atoms with Gasteiger partial charge in [-0.1, -0.05) is 18.2 Å². The van der Waals surface area contributed by atoms with Crippen LogP contribution in [-0.4, -0.2) is 6.61 Å². The zero-order valence-corrected chi connectivity index (χ0v) is 11.2. The first-order valence-electron chi connectivity index (χ1n) is 7.46. The molecule has 0 amide bonds. The van der Waals surface area contributed by atoms with Gasteiger partial charge >= 0.3 is 0 Å². The van der Waals surface area contributed by atoms with Crippen molar-refractivity contribution in [3.05, 3.63) is 46.1 Å². The first kappa shape index (κ1) is 11.4. The van der Waals surface area contributed by atoms with Crippen molar-refractivity contribution in [2.45, 2.75) is 44.6 Å². The van der Waals surface area contributed by atoms with Gasteiger partial charge in [-0.2, -0.15) is 0 Å². The molecular formula is C17H19NO. The van der Waals surface area contributed by atoms with Crippen LogP contribution in [0.4, 0.5) is 0 Å². The number of rotatable bonds is 1. The minimum Gasteiger partial charge on any atom is -0.374 e. The number of allylic oxidation sites excluding steroid dienone is 2. The summed E-state index contributed by atoms with van der Waals surface area (Å²) in [6, 6.07) is 6.75. The lowest BCUT2D eigenvalue weighted by atomic mass is 9.96. The molecule has 0 N–H and O–H groups in total. The Bertz CT molecular complexity index is 650. The Labute approximate surface area is 113 Å². The molecule has 0 aromatic heterocycles. The molecule has 1 saturated heterocycles. The molecule has 1 aromatic rings. The molecular weight excluding hydrogens is 234 g/mol. The van der Waals surface area contributed by atoms with E-state index < -0.39 is 0 Å². The van der Waals surface area contributed by atoms with Gasteiger partial charge in [-0.05, 0) is 55.7 Å². The van der Waals surface area contributed by atoms with Crippen molar-refractivity contribution in [3.8, 4) is 0 Å². The summed E-state index contributed by atoms with van der Waals surface area (Å²) in [4.78, 5) is 4.80. The fourth-order valence-corrected chi connectivity index (χ4v) is 3.38. The van der Waals surface area contributed by atoms with Crippen molar-refractivity contribution >= 4 is 5.57 Å². The summed E-state index contributed by atoms with van der Waals surface area (Å²) in [5.41, 5.74) is 3.99. The van der Waals surface area contributed by atoms with Crippen LogP contribution in [0.25, 0.3) is 5.57 Å². The van der Waals surface area contributed by atoms with Crippen LogP contribution in [-0.2, 0) is 4.74 Å². The third-order valence-corrected chi connectivity index (χ3v) is 4.42. The van der Waals surface area contributed by atoms with E-state index in [4.69, 9.17) is 9.73 Å². The summed E-state index contributed by atoms with van der Waals surface area (Å²) in [5.74, 6) is 0. The van der Waals surface area contributed by atoms with E-state index >= 15 is 0 Å². The van der Waals surface area contributed by atoms with Crippen LogP contribution < -0.4 is 10.6 Å². The number of fused-ring (bicyclic) bond motifs is 2. The van der Waals surface area contributed by atoms with E-state index in [0.717, 1.165) is 18.4 Å². The second-order valence-corrected chi connectivity index (χ2v) is 5.70. The van der Waals surface area contributed by atoms with Gasteiger partial charge in [0.25, 0.3) is 0 Å². The van der Waals surface area contributed by atoms with Crippen LogP contribution in [0, 0.1) is 0 Å². The van der Waals surface area contributed by atoms with E-state index in [1.54, 1.807) is 0 Å². The molecule has 0 radical (unpaired) electrons. The van der Waals surface area contributed by atoms with Gasteiger partial charge in [-0.15, -0.1) is 0 Å². The topological polar surface area (TPSA) is 21.6 Å². The lowest BCUT2D eigenvalue weighted by Gasteiger charge is -2.22. The zero-order chi connectivity index (χ0) is 12.7. The molecule has 2 heterocycles. The SMILES string of the molecule is C1=C2N=c3cc(C4CCCCO4)ccc3=C2CCC1. The van der Waals surface area contributed by atoms with Crippen molar-refractivity contribution in [1.29, 1.82) is 0 Å². The Balaban J connectivity index is 1.79. The maximum atomic E-state index is 5.88. The monoisotopic (exact) mass is 253 g/mol. The Morgan fingerprint density at radius 1 is 1.16 bits per heavy atom. The standard InChI is InChI=1S/C17H19NO/c1-2-6-15-13(5-1)14-9-8-12(11-16(14)18-15)17-7-3-4-10-19-17/h6,8-9,11,17H,1-5,7,10H2. The van der Waals surface area contributed by atoms with Gasteiger partial charge < -0.3 is 4.74 Å². The van der Waals surface area contributed by atoms with Crippen molar-refractivity contribution < 1.29 is 4.74 Å². The number of benzene rings is 1. The quantitative estimate of drug-likeness (QED) is 0.754. The Kier molecular flexibility index (Phi) is 2.77. The van der Waals surface area contributed by atoms with Gasteiger partial charge in [-0.25, -0.2) is 4.99 Å². The number of nitrogens with zero attached hydrogens (tertiary/aromatic N) is 1. The molecule has 1 atom stereocenters. The van der Waals surface area contributed by atoms with E-state index in [-0.39, 0.29) is 6.10 Å². The largest absolute Gasteiger partial charge is 0.374 e. The first-order valence-corrected chi connectivity index (χ1v) is 7.46. The molecule has 4 rings (SSSR count). The minimum absolute atomic E-state index is 0.288. The van der Waals surface area contributed by atoms with E-state index in [2.05, 4.69) is 24.3 Å². The van der Waals surface area contributed by atoms with Gasteiger partial charge in [0.2, 0.25) is 0 Å². The zero-order valence-electron chi connectivity index (χ0n) is 11.2. The molecule has 1 aliphatic carbocycles. The summed E-state index contributed by atoms with van der Waals surface area (Å²) in [7, 11) is 0. The summed E-state index contributed by atoms with van der Waals surface area (Å²) < 4.78 is 5.88. The van der Waals surface area contributed by atoms with Crippen molar-refractivity contribution in [2.75, 3.05) is 6.61 Å². The van der Waals surface area contributed by atoms with E-state index in [1.165, 1.54) is 54.2 Å². The Morgan fingerprint density at radius 2 is 2.16 bits per heavy atom. The van der Waals surface area contributed by atoms with Crippen molar-refractivity contribution in [2.24, 2.45) is 4.99 Å². The average molecular weight is 253 g/mol. The molecule has 19 heavy (non-hydrogen) atoms. The van der Waals surface area contributed by atoms with Crippen molar-refractivity contribution in [3.63, 3.8) is 0 Å². The second-order valence-electron chi connectivity index (χ2n) is 5.70. The van der Waals surface area contributed by atoms with E-state index in [0.29, 0.717) is 0 Å². The van der Waals surface area contributed by atoms with Crippen molar-refractivity contribution in [1.82, 2.24) is 0 Å². The summed E-state index contributed by atoms with van der Waals surface area (Å²) in [6.45, 7) is 0.904. The lowest BCUT2D eigenvalue weighted by Crippen LogP contribution is -2.25. The highest BCUT2D eigenvalue weighted by molar-refractivity contribution is 5.66. The number of hydrogen-bond donors (Lipinski definition) is 0. The van der Waals surface area contributed by atoms with Crippen LogP contribution in [0.1, 0.15) is 50.2 Å². The van der Waals surface area contributed by atoms with Gasteiger partial charge in [0.1, 0.15) is 0 Å². The molecule has 1 aromatic carbocycles. The highest BCUT2D eigenvalue weighted by Gasteiger charge is 2.19. The van der Waals surface area contributed by atoms with Crippen LogP contribution in [0.15, 0.2) is 35.0 Å². The lowest BCUT2D eigenvalue weighted by molar-refractivity contribution is 0.0149. The van der Waals surface area contributed by atoms with Crippen LogP contribution in [0.2, 0.25) is 0 Å². The molecule has 2 aliphatic heterocycles. The average Bonchev–Trinajstić information content (AvgIpc) is 2.86. The fraction of sp³-hybridized carbons (Fsp3) is 0.471. The third kappa shape index (κ3) is 1.95. The normalized spacial score (nSPS) is 25.4. The molecule has 1 unspecified atom stereocenters. The Morgan fingerprint density at radius 3 is 3.05 bits per heavy atom. The smallest absolute Gasteiger partial charge is 0.0825 e. The fourth-order valence-electron chi connectivity index (χ4n) is 3.38. The van der Waals surface area contributed by atoms with Gasteiger partial charge in [0, 0.05) is 11.8 Å². The molecule has 0 saturated carbocycles. The predicted octanol–water partition coefficient (Wildman–Crippen LogP) is 2.78. The summed E-state index contributed by atoms with van der Waals surface area (Å²) in [6.07, 6.45) is 9.83. The maximum absolute atomic E-state index is 5.88. The third-order valence-electron chi connectivity index (χ3n) is 4.42.